The molecule has 1 aromatic heterocycles. The fourth-order valence-corrected chi connectivity index (χ4v) is 3.16. The van der Waals surface area contributed by atoms with Gasteiger partial charge in [-0.3, -0.25) is 4.68 Å². The molecule has 2 amide bonds. The molecule has 2 aliphatic rings. The molecule has 2 fully saturated rings. The van der Waals surface area contributed by atoms with Crippen LogP contribution in [-0.2, 0) is 27.3 Å². The Labute approximate surface area is 142 Å². The van der Waals surface area contributed by atoms with E-state index in [4.69, 9.17) is 14.2 Å². The average Bonchev–Trinajstić information content (AvgIpc) is 3.06. The Hall–Kier alpha value is -1.64. The molecule has 0 unspecified atom stereocenters. The quantitative estimate of drug-likeness (QED) is 0.852. The second kappa shape index (κ2) is 7.96. The second-order valence-corrected chi connectivity index (χ2v) is 6.33. The van der Waals surface area contributed by atoms with Crippen molar-refractivity contribution in [3.63, 3.8) is 0 Å². The van der Waals surface area contributed by atoms with Gasteiger partial charge in [-0.15, -0.1) is 0 Å². The van der Waals surface area contributed by atoms with E-state index in [1.165, 1.54) is 0 Å². The van der Waals surface area contributed by atoms with Crippen LogP contribution in [0.1, 0.15) is 18.4 Å². The number of carbonyl (C=O) groups is 1. The van der Waals surface area contributed by atoms with Crippen LogP contribution in [0.5, 0.6) is 0 Å². The van der Waals surface area contributed by atoms with Crippen molar-refractivity contribution in [2.75, 3.05) is 46.6 Å². The molecule has 3 rings (SSSR count). The predicted octanol–water partition coefficient (Wildman–Crippen LogP) is 0.621. The van der Waals surface area contributed by atoms with E-state index in [-0.39, 0.29) is 11.6 Å². The molecule has 0 aromatic carbocycles. The number of hydrogen-bond donors (Lipinski definition) is 1. The van der Waals surface area contributed by atoms with Crippen LogP contribution in [-0.4, -0.2) is 72.9 Å². The summed E-state index contributed by atoms with van der Waals surface area (Å²) in [6.07, 6.45) is 5.40. The number of nitrogens with one attached hydrogen (secondary N) is 1. The van der Waals surface area contributed by atoms with E-state index in [9.17, 15) is 4.79 Å². The first kappa shape index (κ1) is 17.2. The number of amides is 2. The summed E-state index contributed by atoms with van der Waals surface area (Å²) in [4.78, 5) is 14.3. The number of carbonyl (C=O) groups excluding carboxylic acids is 1. The molecule has 3 heterocycles. The van der Waals surface area contributed by atoms with Gasteiger partial charge in [0.1, 0.15) is 0 Å². The maximum Gasteiger partial charge on any atom is 0.317 e. The predicted molar refractivity (Wildman–Crippen MR) is 86.6 cm³/mol. The topological polar surface area (TPSA) is 77.9 Å². The highest BCUT2D eigenvalue weighted by Crippen LogP contribution is 2.29. The Morgan fingerprint density at radius 3 is 3.04 bits per heavy atom. The van der Waals surface area contributed by atoms with Crippen LogP contribution in [0.4, 0.5) is 4.79 Å². The number of rotatable bonds is 5. The summed E-state index contributed by atoms with van der Waals surface area (Å²) in [7, 11) is 1.66. The Morgan fingerprint density at radius 1 is 1.42 bits per heavy atom. The van der Waals surface area contributed by atoms with Gasteiger partial charge in [0.25, 0.3) is 0 Å². The molecule has 8 heteroatoms. The third kappa shape index (κ3) is 4.25. The normalized spacial score (nSPS) is 20.3. The van der Waals surface area contributed by atoms with Gasteiger partial charge in [0.2, 0.25) is 0 Å². The van der Waals surface area contributed by atoms with Crippen molar-refractivity contribution >= 4 is 6.03 Å². The number of hydrogen-bond acceptors (Lipinski definition) is 5. The highest BCUT2D eigenvalue weighted by Gasteiger charge is 2.39. The van der Waals surface area contributed by atoms with Crippen molar-refractivity contribution in [3.05, 3.63) is 18.0 Å². The summed E-state index contributed by atoms with van der Waals surface area (Å²) in [5, 5.41) is 7.23. The minimum Gasteiger partial charge on any atom is -0.383 e. The average molecular weight is 338 g/mol. The van der Waals surface area contributed by atoms with E-state index in [1.807, 2.05) is 15.8 Å². The van der Waals surface area contributed by atoms with Crippen molar-refractivity contribution in [2.45, 2.75) is 31.5 Å². The fourth-order valence-electron chi connectivity index (χ4n) is 3.16. The zero-order valence-electron chi connectivity index (χ0n) is 14.2. The zero-order chi connectivity index (χ0) is 16.8. The molecule has 0 bridgehead atoms. The Balaban J connectivity index is 1.48. The molecule has 0 saturated carbocycles. The Kier molecular flexibility index (Phi) is 5.70. The minimum absolute atomic E-state index is 0.0474. The zero-order valence-corrected chi connectivity index (χ0v) is 14.2. The van der Waals surface area contributed by atoms with Crippen LogP contribution in [0.25, 0.3) is 0 Å². The molecule has 0 radical (unpaired) electrons. The van der Waals surface area contributed by atoms with Gasteiger partial charge in [0.15, 0.2) is 0 Å². The van der Waals surface area contributed by atoms with Gasteiger partial charge in [-0.25, -0.2) is 4.79 Å². The van der Waals surface area contributed by atoms with Crippen LogP contribution in [0.2, 0.25) is 0 Å². The standard InChI is InChI=1S/C16H26N4O4/c1-22-8-5-20-12-14(11-18-20)10-17-15(21)19-4-9-24-16(13-19)2-6-23-7-3-16/h11-12H,2-10,13H2,1H3,(H,17,21). The Morgan fingerprint density at radius 2 is 2.25 bits per heavy atom. The maximum absolute atomic E-state index is 12.5. The van der Waals surface area contributed by atoms with Crippen LogP contribution >= 0.6 is 0 Å². The lowest BCUT2D eigenvalue weighted by molar-refractivity contribution is -0.145. The summed E-state index contributed by atoms with van der Waals surface area (Å²) >= 11 is 0. The summed E-state index contributed by atoms with van der Waals surface area (Å²) in [6.45, 7) is 5.05. The van der Waals surface area contributed by atoms with E-state index in [0.29, 0.717) is 52.6 Å². The van der Waals surface area contributed by atoms with E-state index in [2.05, 4.69) is 10.4 Å². The summed E-state index contributed by atoms with van der Waals surface area (Å²) < 4.78 is 18.2. The third-order valence-electron chi connectivity index (χ3n) is 4.59. The largest absolute Gasteiger partial charge is 0.383 e. The van der Waals surface area contributed by atoms with Crippen LogP contribution < -0.4 is 5.32 Å². The van der Waals surface area contributed by atoms with Crippen molar-refractivity contribution in [2.24, 2.45) is 0 Å². The Bertz CT molecular complexity index is 536. The first-order chi connectivity index (χ1) is 11.7. The molecular formula is C16H26N4O4. The monoisotopic (exact) mass is 338 g/mol. The number of urea groups is 1. The summed E-state index contributed by atoms with van der Waals surface area (Å²) in [5.74, 6) is 0. The molecule has 134 valence electrons. The molecule has 2 saturated heterocycles. The lowest BCUT2D eigenvalue weighted by atomic mass is 9.92. The van der Waals surface area contributed by atoms with Crippen LogP contribution in [0, 0.1) is 0 Å². The highest BCUT2D eigenvalue weighted by molar-refractivity contribution is 5.74. The summed E-state index contributed by atoms with van der Waals surface area (Å²) in [5.41, 5.74) is 0.757. The van der Waals surface area contributed by atoms with Crippen LogP contribution in [0.15, 0.2) is 12.4 Å². The second-order valence-electron chi connectivity index (χ2n) is 6.33. The van der Waals surface area contributed by atoms with Crippen LogP contribution in [0.3, 0.4) is 0 Å². The SMILES string of the molecule is COCCn1cc(CNC(=O)N2CCOC3(CCOCC3)C2)cn1. The molecule has 2 aliphatic heterocycles. The number of aromatic nitrogens is 2. The lowest BCUT2D eigenvalue weighted by Gasteiger charge is -2.44. The van der Waals surface area contributed by atoms with Gasteiger partial charge < -0.3 is 24.4 Å². The first-order valence-corrected chi connectivity index (χ1v) is 8.46. The van der Waals surface area contributed by atoms with Crippen molar-refractivity contribution in [1.82, 2.24) is 20.0 Å². The molecule has 1 aromatic rings. The molecule has 8 nitrogen and oxygen atoms in total. The van der Waals surface area contributed by atoms with Gasteiger partial charge in [0, 0.05) is 58.0 Å². The van der Waals surface area contributed by atoms with Crippen molar-refractivity contribution in [1.29, 1.82) is 0 Å². The van der Waals surface area contributed by atoms with Crippen molar-refractivity contribution < 1.29 is 19.0 Å². The smallest absolute Gasteiger partial charge is 0.317 e. The molecular weight excluding hydrogens is 312 g/mol. The van der Waals surface area contributed by atoms with E-state index < -0.39 is 0 Å². The molecule has 1 spiro atoms. The van der Waals surface area contributed by atoms with Gasteiger partial charge >= 0.3 is 6.03 Å². The van der Waals surface area contributed by atoms with Gasteiger partial charge in [-0.05, 0) is 0 Å². The number of methoxy groups -OCH3 is 1. The van der Waals surface area contributed by atoms with E-state index in [0.717, 1.165) is 18.4 Å². The first-order valence-electron chi connectivity index (χ1n) is 8.46. The third-order valence-corrected chi connectivity index (χ3v) is 4.59. The van der Waals surface area contributed by atoms with Gasteiger partial charge in [-0.2, -0.15) is 5.10 Å². The van der Waals surface area contributed by atoms with Gasteiger partial charge in [0.05, 0.1) is 38.1 Å². The molecule has 0 aliphatic carbocycles. The van der Waals surface area contributed by atoms with Gasteiger partial charge in [-0.1, -0.05) is 0 Å². The molecule has 1 N–H and O–H groups in total. The number of ether oxygens (including phenoxy) is 3. The number of morpholine rings is 1. The van der Waals surface area contributed by atoms with E-state index in [1.54, 1.807) is 13.3 Å². The fraction of sp³-hybridized carbons (Fsp3) is 0.750. The van der Waals surface area contributed by atoms with Crippen molar-refractivity contribution in [3.8, 4) is 0 Å². The number of nitrogens with zero attached hydrogens (tertiary/aromatic N) is 3. The lowest BCUT2D eigenvalue weighted by Crippen LogP contribution is -2.57. The minimum atomic E-state index is -0.223. The van der Waals surface area contributed by atoms with E-state index >= 15 is 0 Å². The molecule has 0 atom stereocenters. The summed E-state index contributed by atoms with van der Waals surface area (Å²) in [6, 6.07) is -0.0474. The maximum atomic E-state index is 12.5. The highest BCUT2D eigenvalue weighted by atomic mass is 16.5. The molecule has 24 heavy (non-hydrogen) atoms.